The summed E-state index contributed by atoms with van der Waals surface area (Å²) in [6.07, 6.45) is 2.41. The molecule has 0 atom stereocenters. The molecule has 5 heteroatoms. The first-order valence-electron chi connectivity index (χ1n) is 3.95. The van der Waals surface area contributed by atoms with Crippen LogP contribution in [0, 0.1) is 0 Å². The van der Waals surface area contributed by atoms with Crippen molar-refractivity contribution in [1.82, 2.24) is 14.9 Å². The standard InChI is InChI=1S/C8H11N3O2/c1-3-11(2)8(13)6-4-10-7(12)5-9-6/h4-5H,3H2,1-2H3,(H,10,12). The Hall–Kier alpha value is -1.65. The minimum Gasteiger partial charge on any atom is -0.341 e. The summed E-state index contributed by atoms with van der Waals surface area (Å²) in [5.74, 6) is -0.196. The van der Waals surface area contributed by atoms with Gasteiger partial charge < -0.3 is 9.88 Å². The minimum atomic E-state index is -0.310. The molecule has 1 amide bonds. The average Bonchev–Trinajstić information content (AvgIpc) is 2.17. The third kappa shape index (κ3) is 2.14. The van der Waals surface area contributed by atoms with E-state index >= 15 is 0 Å². The lowest BCUT2D eigenvalue weighted by molar-refractivity contribution is 0.0796. The van der Waals surface area contributed by atoms with Gasteiger partial charge in [0.05, 0.1) is 6.20 Å². The number of amides is 1. The number of carbonyl (C=O) groups excluding carboxylic acids is 1. The zero-order valence-corrected chi connectivity index (χ0v) is 7.57. The van der Waals surface area contributed by atoms with Crippen molar-refractivity contribution >= 4 is 5.91 Å². The van der Waals surface area contributed by atoms with Crippen molar-refractivity contribution in [2.24, 2.45) is 0 Å². The molecule has 1 heterocycles. The van der Waals surface area contributed by atoms with Crippen LogP contribution in [-0.4, -0.2) is 34.4 Å². The molecule has 0 saturated carbocycles. The Morgan fingerprint density at radius 3 is 2.85 bits per heavy atom. The molecule has 0 aliphatic heterocycles. The van der Waals surface area contributed by atoms with Gasteiger partial charge in [-0.05, 0) is 6.92 Å². The first-order chi connectivity index (χ1) is 6.15. The van der Waals surface area contributed by atoms with Gasteiger partial charge in [0.2, 0.25) is 0 Å². The van der Waals surface area contributed by atoms with Gasteiger partial charge in [0, 0.05) is 19.8 Å². The smallest absolute Gasteiger partial charge is 0.273 e. The van der Waals surface area contributed by atoms with Crippen molar-refractivity contribution in [3.8, 4) is 0 Å². The SMILES string of the molecule is CCN(C)C(=O)c1c[nH]c(=O)cn1. The van der Waals surface area contributed by atoms with E-state index in [1.165, 1.54) is 11.1 Å². The van der Waals surface area contributed by atoms with Crippen LogP contribution in [0.5, 0.6) is 0 Å². The van der Waals surface area contributed by atoms with E-state index in [0.717, 1.165) is 6.20 Å². The van der Waals surface area contributed by atoms with E-state index < -0.39 is 0 Å². The molecule has 0 radical (unpaired) electrons. The molecular formula is C8H11N3O2. The number of carbonyl (C=O) groups is 1. The Balaban J connectivity index is 2.90. The summed E-state index contributed by atoms with van der Waals surface area (Å²) in [4.78, 5) is 29.7. The number of rotatable bonds is 2. The van der Waals surface area contributed by atoms with Gasteiger partial charge in [-0.2, -0.15) is 0 Å². The lowest BCUT2D eigenvalue weighted by Crippen LogP contribution is -2.27. The number of aromatic amines is 1. The van der Waals surface area contributed by atoms with Crippen molar-refractivity contribution < 1.29 is 4.79 Å². The highest BCUT2D eigenvalue weighted by atomic mass is 16.2. The highest BCUT2D eigenvalue weighted by molar-refractivity contribution is 5.91. The second-order valence-electron chi connectivity index (χ2n) is 2.62. The minimum absolute atomic E-state index is 0.196. The molecule has 0 aliphatic carbocycles. The topological polar surface area (TPSA) is 66.1 Å². The van der Waals surface area contributed by atoms with Gasteiger partial charge in [0.25, 0.3) is 11.5 Å². The molecule has 0 fully saturated rings. The molecule has 1 aromatic heterocycles. The summed E-state index contributed by atoms with van der Waals surface area (Å²) >= 11 is 0. The van der Waals surface area contributed by atoms with Crippen molar-refractivity contribution in [2.45, 2.75) is 6.92 Å². The van der Waals surface area contributed by atoms with Crippen LogP contribution in [0.1, 0.15) is 17.4 Å². The molecule has 0 aliphatic rings. The third-order valence-corrected chi connectivity index (χ3v) is 1.71. The normalized spacial score (nSPS) is 9.69. The molecule has 0 saturated heterocycles. The van der Waals surface area contributed by atoms with E-state index in [4.69, 9.17) is 0 Å². The Morgan fingerprint density at radius 1 is 1.69 bits per heavy atom. The number of nitrogens with zero attached hydrogens (tertiary/aromatic N) is 2. The summed E-state index contributed by atoms with van der Waals surface area (Å²) in [7, 11) is 1.68. The zero-order chi connectivity index (χ0) is 9.84. The van der Waals surface area contributed by atoms with Gasteiger partial charge >= 0.3 is 0 Å². The monoisotopic (exact) mass is 181 g/mol. The summed E-state index contributed by atoms with van der Waals surface area (Å²) in [5, 5.41) is 0. The summed E-state index contributed by atoms with van der Waals surface area (Å²) in [5.41, 5.74) is -0.0559. The first kappa shape index (κ1) is 9.44. The van der Waals surface area contributed by atoms with E-state index in [-0.39, 0.29) is 17.2 Å². The van der Waals surface area contributed by atoms with Crippen LogP contribution in [0.2, 0.25) is 0 Å². The molecule has 1 aromatic rings. The van der Waals surface area contributed by atoms with Gasteiger partial charge in [-0.25, -0.2) is 4.98 Å². The van der Waals surface area contributed by atoms with Crippen LogP contribution in [0.25, 0.3) is 0 Å². The van der Waals surface area contributed by atoms with Crippen molar-refractivity contribution in [1.29, 1.82) is 0 Å². The molecular weight excluding hydrogens is 170 g/mol. The van der Waals surface area contributed by atoms with E-state index in [1.807, 2.05) is 6.92 Å². The lowest BCUT2D eigenvalue weighted by atomic mass is 10.4. The van der Waals surface area contributed by atoms with Crippen LogP contribution >= 0.6 is 0 Å². The number of hydrogen-bond acceptors (Lipinski definition) is 3. The molecule has 5 nitrogen and oxygen atoms in total. The van der Waals surface area contributed by atoms with Gasteiger partial charge in [-0.15, -0.1) is 0 Å². The molecule has 0 spiro atoms. The number of hydrogen-bond donors (Lipinski definition) is 1. The van der Waals surface area contributed by atoms with E-state index in [9.17, 15) is 9.59 Å². The van der Waals surface area contributed by atoms with Crippen LogP contribution in [0.4, 0.5) is 0 Å². The average molecular weight is 181 g/mol. The molecule has 13 heavy (non-hydrogen) atoms. The zero-order valence-electron chi connectivity index (χ0n) is 7.57. The fourth-order valence-corrected chi connectivity index (χ4v) is 0.798. The van der Waals surface area contributed by atoms with Crippen molar-refractivity contribution in [2.75, 3.05) is 13.6 Å². The number of H-pyrrole nitrogens is 1. The predicted octanol–water partition coefficient (Wildman–Crippen LogP) is -0.138. The Bertz CT molecular complexity index is 338. The largest absolute Gasteiger partial charge is 0.341 e. The Kier molecular flexibility index (Phi) is 2.79. The van der Waals surface area contributed by atoms with Crippen LogP contribution in [-0.2, 0) is 0 Å². The Morgan fingerprint density at radius 2 is 2.38 bits per heavy atom. The van der Waals surface area contributed by atoms with E-state index in [0.29, 0.717) is 6.54 Å². The number of aromatic nitrogens is 2. The predicted molar refractivity (Wildman–Crippen MR) is 47.5 cm³/mol. The fourth-order valence-electron chi connectivity index (χ4n) is 0.798. The maximum atomic E-state index is 11.4. The highest BCUT2D eigenvalue weighted by Gasteiger charge is 2.10. The van der Waals surface area contributed by atoms with Gasteiger partial charge in [-0.1, -0.05) is 0 Å². The van der Waals surface area contributed by atoms with Gasteiger partial charge in [0.15, 0.2) is 0 Å². The number of nitrogens with one attached hydrogen (secondary N) is 1. The van der Waals surface area contributed by atoms with Gasteiger partial charge in [0.1, 0.15) is 5.69 Å². The van der Waals surface area contributed by atoms with Crippen LogP contribution in [0.15, 0.2) is 17.2 Å². The van der Waals surface area contributed by atoms with Crippen LogP contribution < -0.4 is 5.56 Å². The second kappa shape index (κ2) is 3.84. The van der Waals surface area contributed by atoms with Crippen LogP contribution in [0.3, 0.4) is 0 Å². The maximum Gasteiger partial charge on any atom is 0.273 e. The van der Waals surface area contributed by atoms with Crippen molar-refractivity contribution in [3.63, 3.8) is 0 Å². The van der Waals surface area contributed by atoms with Crippen molar-refractivity contribution in [3.05, 3.63) is 28.4 Å². The molecule has 1 N–H and O–H groups in total. The lowest BCUT2D eigenvalue weighted by Gasteiger charge is -2.12. The summed E-state index contributed by atoms with van der Waals surface area (Å²) < 4.78 is 0. The van der Waals surface area contributed by atoms with Gasteiger partial charge in [-0.3, -0.25) is 9.59 Å². The Labute approximate surface area is 75.4 Å². The van der Waals surface area contributed by atoms with E-state index in [1.54, 1.807) is 7.05 Å². The molecule has 1 rings (SSSR count). The fraction of sp³-hybridized carbons (Fsp3) is 0.375. The second-order valence-corrected chi connectivity index (χ2v) is 2.62. The van der Waals surface area contributed by atoms with E-state index in [2.05, 4.69) is 9.97 Å². The molecule has 0 unspecified atom stereocenters. The third-order valence-electron chi connectivity index (χ3n) is 1.71. The highest BCUT2D eigenvalue weighted by Crippen LogP contribution is 1.94. The summed E-state index contributed by atoms with van der Waals surface area (Å²) in [6, 6.07) is 0. The molecule has 70 valence electrons. The summed E-state index contributed by atoms with van der Waals surface area (Å²) in [6.45, 7) is 2.48. The quantitative estimate of drug-likeness (QED) is 0.690. The maximum absolute atomic E-state index is 11.4. The molecule has 0 aromatic carbocycles. The first-order valence-corrected chi connectivity index (χ1v) is 3.95. The molecule has 0 bridgehead atoms.